The summed E-state index contributed by atoms with van der Waals surface area (Å²) in [5.74, 6) is 0. The SMILES string of the molecule is CCC(C)n1c(=O)[nH]c(=O)c2c1nc(Br)n2Cc1ccccc1. The van der Waals surface area contributed by atoms with E-state index in [-0.39, 0.29) is 6.04 Å². The Morgan fingerprint density at radius 3 is 2.61 bits per heavy atom. The van der Waals surface area contributed by atoms with Crippen molar-refractivity contribution in [1.29, 1.82) is 0 Å². The van der Waals surface area contributed by atoms with Crippen LogP contribution in [0.15, 0.2) is 44.7 Å². The van der Waals surface area contributed by atoms with E-state index >= 15 is 0 Å². The summed E-state index contributed by atoms with van der Waals surface area (Å²) in [4.78, 5) is 31.3. The van der Waals surface area contributed by atoms with Crippen molar-refractivity contribution in [3.05, 3.63) is 61.5 Å². The number of benzene rings is 1. The van der Waals surface area contributed by atoms with E-state index in [1.165, 1.54) is 0 Å². The van der Waals surface area contributed by atoms with Crippen LogP contribution in [0, 0.1) is 0 Å². The zero-order valence-corrected chi connectivity index (χ0v) is 14.5. The van der Waals surface area contributed by atoms with Crippen LogP contribution in [0.3, 0.4) is 0 Å². The third-order valence-corrected chi connectivity index (χ3v) is 4.61. The molecule has 0 aliphatic heterocycles. The molecule has 0 aliphatic carbocycles. The first-order valence-corrected chi connectivity index (χ1v) is 8.26. The van der Waals surface area contributed by atoms with Gasteiger partial charge in [0, 0.05) is 6.04 Å². The standard InChI is InChI=1S/C16H17BrN4O2/c1-3-10(2)21-13-12(14(22)19-16(21)23)20(15(17)18-13)9-11-7-5-4-6-8-11/h4-8,10H,3,9H2,1-2H3,(H,19,22,23). The minimum atomic E-state index is -0.422. The van der Waals surface area contributed by atoms with Crippen LogP contribution >= 0.6 is 15.9 Å². The van der Waals surface area contributed by atoms with Gasteiger partial charge in [-0.25, -0.2) is 9.78 Å². The van der Waals surface area contributed by atoms with Crippen molar-refractivity contribution in [3.8, 4) is 0 Å². The smallest absolute Gasteiger partial charge is 0.308 e. The van der Waals surface area contributed by atoms with E-state index < -0.39 is 11.2 Å². The Balaban J connectivity index is 2.27. The third-order valence-electron chi connectivity index (χ3n) is 4.00. The largest absolute Gasteiger partial charge is 0.330 e. The summed E-state index contributed by atoms with van der Waals surface area (Å²) in [6, 6.07) is 9.75. The van der Waals surface area contributed by atoms with Gasteiger partial charge in [-0.3, -0.25) is 14.3 Å². The topological polar surface area (TPSA) is 72.7 Å². The lowest BCUT2D eigenvalue weighted by molar-refractivity contribution is 0.517. The number of hydrogen-bond donors (Lipinski definition) is 1. The van der Waals surface area contributed by atoms with E-state index in [2.05, 4.69) is 25.9 Å². The van der Waals surface area contributed by atoms with Crippen LogP contribution in [-0.4, -0.2) is 19.1 Å². The van der Waals surface area contributed by atoms with E-state index in [4.69, 9.17) is 0 Å². The molecule has 0 fully saturated rings. The number of H-pyrrole nitrogens is 1. The van der Waals surface area contributed by atoms with E-state index in [1.54, 1.807) is 9.13 Å². The summed E-state index contributed by atoms with van der Waals surface area (Å²) in [5, 5.41) is 0. The van der Waals surface area contributed by atoms with Crippen molar-refractivity contribution in [2.75, 3.05) is 0 Å². The Hall–Kier alpha value is -2.15. The molecule has 1 atom stereocenters. The zero-order chi connectivity index (χ0) is 16.6. The number of aromatic nitrogens is 4. The highest BCUT2D eigenvalue weighted by atomic mass is 79.9. The Kier molecular flexibility index (Phi) is 4.21. The molecule has 0 bridgehead atoms. The fraction of sp³-hybridized carbons (Fsp3) is 0.312. The lowest BCUT2D eigenvalue weighted by atomic mass is 10.2. The molecular formula is C16H17BrN4O2. The number of hydrogen-bond acceptors (Lipinski definition) is 3. The second-order valence-corrected chi connectivity index (χ2v) is 6.22. The maximum Gasteiger partial charge on any atom is 0.330 e. The van der Waals surface area contributed by atoms with Gasteiger partial charge in [-0.15, -0.1) is 0 Å². The van der Waals surface area contributed by atoms with Gasteiger partial charge in [0.2, 0.25) is 0 Å². The minimum absolute atomic E-state index is 0.0474. The van der Waals surface area contributed by atoms with Gasteiger partial charge in [-0.2, -0.15) is 0 Å². The predicted octanol–water partition coefficient (Wildman–Crippen LogP) is 2.67. The number of halogens is 1. The molecule has 1 aromatic carbocycles. The fourth-order valence-corrected chi connectivity index (χ4v) is 3.09. The first kappa shape index (κ1) is 15.7. The van der Waals surface area contributed by atoms with Crippen LogP contribution in [-0.2, 0) is 6.54 Å². The molecule has 23 heavy (non-hydrogen) atoms. The van der Waals surface area contributed by atoms with Crippen molar-refractivity contribution in [1.82, 2.24) is 19.1 Å². The number of nitrogens with zero attached hydrogens (tertiary/aromatic N) is 3. The molecular weight excluding hydrogens is 360 g/mol. The lowest BCUT2D eigenvalue weighted by Gasteiger charge is -2.13. The van der Waals surface area contributed by atoms with Crippen LogP contribution in [0.4, 0.5) is 0 Å². The first-order valence-electron chi connectivity index (χ1n) is 7.47. The van der Waals surface area contributed by atoms with Crippen molar-refractivity contribution in [3.63, 3.8) is 0 Å². The van der Waals surface area contributed by atoms with E-state index in [1.807, 2.05) is 44.2 Å². The molecule has 6 nitrogen and oxygen atoms in total. The fourth-order valence-electron chi connectivity index (χ4n) is 2.62. The molecule has 3 aromatic rings. The van der Waals surface area contributed by atoms with Crippen LogP contribution in [0.2, 0.25) is 0 Å². The van der Waals surface area contributed by atoms with Gasteiger partial charge in [0.05, 0.1) is 6.54 Å². The van der Waals surface area contributed by atoms with Gasteiger partial charge in [0.15, 0.2) is 15.9 Å². The Morgan fingerprint density at radius 2 is 1.96 bits per heavy atom. The molecule has 0 saturated carbocycles. The van der Waals surface area contributed by atoms with Crippen LogP contribution in [0.25, 0.3) is 11.2 Å². The highest BCUT2D eigenvalue weighted by Gasteiger charge is 2.19. The molecule has 7 heteroatoms. The van der Waals surface area contributed by atoms with Crippen LogP contribution < -0.4 is 11.2 Å². The molecule has 2 aromatic heterocycles. The molecule has 1 N–H and O–H groups in total. The summed E-state index contributed by atoms with van der Waals surface area (Å²) >= 11 is 3.41. The molecule has 1 unspecified atom stereocenters. The second-order valence-electron chi connectivity index (χ2n) is 5.51. The van der Waals surface area contributed by atoms with Crippen molar-refractivity contribution >= 4 is 27.1 Å². The number of aromatic amines is 1. The quantitative estimate of drug-likeness (QED) is 0.711. The van der Waals surface area contributed by atoms with Crippen molar-refractivity contribution in [2.24, 2.45) is 0 Å². The van der Waals surface area contributed by atoms with Gasteiger partial charge < -0.3 is 4.57 Å². The summed E-state index contributed by atoms with van der Waals surface area (Å²) in [6.45, 7) is 4.42. The highest BCUT2D eigenvalue weighted by Crippen LogP contribution is 2.21. The van der Waals surface area contributed by atoms with Gasteiger partial charge in [0.1, 0.15) is 0 Å². The maximum absolute atomic E-state index is 12.3. The van der Waals surface area contributed by atoms with E-state index in [0.29, 0.717) is 22.4 Å². The summed E-state index contributed by atoms with van der Waals surface area (Å²) in [5.41, 5.74) is 1.03. The van der Waals surface area contributed by atoms with Crippen LogP contribution in [0.1, 0.15) is 31.9 Å². The molecule has 0 aliphatic rings. The Morgan fingerprint density at radius 1 is 1.26 bits per heavy atom. The third kappa shape index (κ3) is 2.76. The Labute approximate surface area is 140 Å². The van der Waals surface area contributed by atoms with Crippen molar-refractivity contribution in [2.45, 2.75) is 32.9 Å². The van der Waals surface area contributed by atoms with E-state index in [0.717, 1.165) is 12.0 Å². The molecule has 3 rings (SSSR count). The minimum Gasteiger partial charge on any atom is -0.308 e. The van der Waals surface area contributed by atoms with Crippen molar-refractivity contribution < 1.29 is 0 Å². The normalized spacial score (nSPS) is 12.7. The first-order chi connectivity index (χ1) is 11.0. The molecule has 0 spiro atoms. The zero-order valence-electron chi connectivity index (χ0n) is 12.9. The average Bonchev–Trinajstić information content (AvgIpc) is 2.85. The molecule has 2 heterocycles. The summed E-state index contributed by atoms with van der Waals surface area (Å²) in [6.07, 6.45) is 0.768. The maximum atomic E-state index is 12.3. The summed E-state index contributed by atoms with van der Waals surface area (Å²) in [7, 11) is 0. The highest BCUT2D eigenvalue weighted by molar-refractivity contribution is 9.10. The number of nitrogens with one attached hydrogen (secondary N) is 1. The van der Waals surface area contributed by atoms with E-state index in [9.17, 15) is 9.59 Å². The predicted molar refractivity (Wildman–Crippen MR) is 92.9 cm³/mol. The van der Waals surface area contributed by atoms with Gasteiger partial charge in [0.25, 0.3) is 5.56 Å². The molecule has 0 amide bonds. The number of imidazole rings is 1. The molecule has 120 valence electrons. The molecule has 0 saturated heterocycles. The Bertz CT molecular complexity index is 956. The average molecular weight is 377 g/mol. The summed E-state index contributed by atoms with van der Waals surface area (Å²) < 4.78 is 3.86. The second kappa shape index (κ2) is 6.16. The van der Waals surface area contributed by atoms with Crippen LogP contribution in [0.5, 0.6) is 0 Å². The van der Waals surface area contributed by atoms with Gasteiger partial charge in [-0.05, 0) is 34.8 Å². The lowest BCUT2D eigenvalue weighted by Crippen LogP contribution is -2.32. The monoisotopic (exact) mass is 376 g/mol. The van der Waals surface area contributed by atoms with Gasteiger partial charge in [-0.1, -0.05) is 37.3 Å². The number of rotatable bonds is 4. The van der Waals surface area contributed by atoms with Gasteiger partial charge >= 0.3 is 5.69 Å². The number of fused-ring (bicyclic) bond motifs is 1. The molecule has 0 radical (unpaired) electrons.